The van der Waals surface area contributed by atoms with E-state index in [-0.39, 0.29) is 18.6 Å². The lowest BCUT2D eigenvalue weighted by atomic mass is 10.1. The average molecular weight is 264 g/mol. The molecule has 0 aromatic heterocycles. The molecule has 1 aliphatic heterocycles. The average Bonchev–Trinajstić information content (AvgIpc) is 2.46. The Bertz CT molecular complexity index is 417. The predicted octanol–water partition coefficient (Wildman–Crippen LogP) is 1.40. The van der Waals surface area contributed by atoms with Crippen molar-refractivity contribution in [3.05, 3.63) is 24.3 Å². The third-order valence-electron chi connectivity index (χ3n) is 3.06. The van der Waals surface area contributed by atoms with Crippen LogP contribution < -0.4 is 15.4 Å². The number of ether oxygens (including phenoxy) is 2. The first-order valence-corrected chi connectivity index (χ1v) is 6.54. The van der Waals surface area contributed by atoms with Crippen molar-refractivity contribution in [3.8, 4) is 5.75 Å². The molecule has 104 valence electrons. The van der Waals surface area contributed by atoms with Crippen LogP contribution in [-0.2, 0) is 9.53 Å². The van der Waals surface area contributed by atoms with Gasteiger partial charge in [0, 0.05) is 18.3 Å². The number of carbonyl (C=O) groups excluding carboxylic acids is 1. The number of anilines is 1. The second kappa shape index (κ2) is 7.11. The summed E-state index contributed by atoms with van der Waals surface area (Å²) in [6.07, 6.45) is 2.26. The highest BCUT2D eigenvalue weighted by Gasteiger charge is 2.14. The van der Waals surface area contributed by atoms with E-state index in [9.17, 15) is 4.79 Å². The molecular formula is C14H20N2O3. The topological polar surface area (TPSA) is 59.6 Å². The number of carbonyl (C=O) groups is 1. The van der Waals surface area contributed by atoms with Crippen LogP contribution in [0.3, 0.4) is 0 Å². The highest BCUT2D eigenvalue weighted by molar-refractivity contribution is 5.91. The Morgan fingerprint density at radius 2 is 2.42 bits per heavy atom. The molecule has 5 heteroatoms. The van der Waals surface area contributed by atoms with Gasteiger partial charge in [-0.05, 0) is 31.5 Å². The van der Waals surface area contributed by atoms with Crippen molar-refractivity contribution >= 4 is 11.6 Å². The zero-order chi connectivity index (χ0) is 13.5. The quantitative estimate of drug-likeness (QED) is 0.844. The normalized spacial score (nSPS) is 18.9. The van der Waals surface area contributed by atoms with E-state index < -0.39 is 0 Å². The van der Waals surface area contributed by atoms with Crippen LogP contribution in [0, 0.1) is 0 Å². The summed E-state index contributed by atoms with van der Waals surface area (Å²) in [6, 6.07) is 7.27. The molecule has 1 fully saturated rings. The van der Waals surface area contributed by atoms with Crippen molar-refractivity contribution in [2.75, 3.05) is 32.1 Å². The minimum atomic E-state index is -0.140. The first-order valence-electron chi connectivity index (χ1n) is 6.54. The summed E-state index contributed by atoms with van der Waals surface area (Å²) in [6.45, 7) is 1.95. The Morgan fingerprint density at radius 3 is 3.16 bits per heavy atom. The molecule has 0 bridgehead atoms. The smallest absolute Gasteiger partial charge is 0.250 e. The second-order valence-corrected chi connectivity index (χ2v) is 4.56. The van der Waals surface area contributed by atoms with Gasteiger partial charge in [0.15, 0.2) is 0 Å². The third-order valence-corrected chi connectivity index (χ3v) is 3.06. The first kappa shape index (κ1) is 13.8. The number of benzene rings is 1. The van der Waals surface area contributed by atoms with Gasteiger partial charge >= 0.3 is 0 Å². The molecule has 1 amide bonds. The number of hydrogen-bond acceptors (Lipinski definition) is 4. The summed E-state index contributed by atoms with van der Waals surface area (Å²) in [5.74, 6) is 0.578. The molecule has 1 unspecified atom stereocenters. The van der Waals surface area contributed by atoms with E-state index in [0.717, 1.165) is 37.4 Å². The van der Waals surface area contributed by atoms with Crippen LogP contribution in [0.4, 0.5) is 5.69 Å². The number of rotatable bonds is 5. The second-order valence-electron chi connectivity index (χ2n) is 4.56. The monoisotopic (exact) mass is 264 g/mol. The molecule has 1 heterocycles. The number of hydrogen-bond donors (Lipinski definition) is 2. The maximum Gasteiger partial charge on any atom is 0.250 e. The van der Waals surface area contributed by atoms with E-state index >= 15 is 0 Å². The highest BCUT2D eigenvalue weighted by Crippen LogP contribution is 2.16. The molecule has 0 spiro atoms. The first-order chi connectivity index (χ1) is 9.28. The molecular weight excluding hydrogens is 244 g/mol. The van der Waals surface area contributed by atoms with Gasteiger partial charge in [-0.15, -0.1) is 0 Å². The van der Waals surface area contributed by atoms with Gasteiger partial charge < -0.3 is 20.1 Å². The van der Waals surface area contributed by atoms with E-state index in [1.807, 2.05) is 18.2 Å². The van der Waals surface area contributed by atoms with Gasteiger partial charge in [-0.1, -0.05) is 6.07 Å². The summed E-state index contributed by atoms with van der Waals surface area (Å²) in [7, 11) is 1.60. The van der Waals surface area contributed by atoms with Crippen molar-refractivity contribution in [1.82, 2.24) is 5.32 Å². The molecule has 5 nitrogen and oxygen atoms in total. The summed E-state index contributed by atoms with van der Waals surface area (Å²) in [5, 5.41) is 6.04. The number of nitrogens with one attached hydrogen (secondary N) is 2. The molecule has 1 aliphatic rings. The standard InChI is InChI=1S/C14H20N2O3/c1-18-12-5-2-4-11(8-12)16-14(17)10-19-13-6-3-7-15-9-13/h2,4-5,8,13,15H,3,6-7,9-10H2,1H3,(H,16,17). The minimum Gasteiger partial charge on any atom is -0.497 e. The summed E-state index contributed by atoms with van der Waals surface area (Å²) >= 11 is 0. The maximum absolute atomic E-state index is 11.8. The summed E-state index contributed by atoms with van der Waals surface area (Å²) in [5.41, 5.74) is 0.717. The number of piperidine rings is 1. The Labute approximate surface area is 113 Å². The highest BCUT2D eigenvalue weighted by atomic mass is 16.5. The van der Waals surface area contributed by atoms with Crippen molar-refractivity contribution in [3.63, 3.8) is 0 Å². The van der Waals surface area contributed by atoms with Gasteiger partial charge in [-0.25, -0.2) is 0 Å². The predicted molar refractivity (Wildman–Crippen MR) is 73.5 cm³/mol. The lowest BCUT2D eigenvalue weighted by Crippen LogP contribution is -2.37. The number of amides is 1. The van der Waals surface area contributed by atoms with E-state index in [2.05, 4.69) is 10.6 Å². The van der Waals surface area contributed by atoms with E-state index in [4.69, 9.17) is 9.47 Å². The molecule has 1 aromatic carbocycles. The Hall–Kier alpha value is -1.59. The van der Waals surface area contributed by atoms with E-state index in [1.54, 1.807) is 13.2 Å². The zero-order valence-electron chi connectivity index (χ0n) is 11.1. The Balaban J connectivity index is 1.76. The molecule has 2 N–H and O–H groups in total. The SMILES string of the molecule is COc1cccc(NC(=O)COC2CCCNC2)c1. The molecule has 2 rings (SSSR count). The van der Waals surface area contributed by atoms with E-state index in [0.29, 0.717) is 0 Å². The molecule has 0 radical (unpaired) electrons. The molecule has 0 saturated carbocycles. The van der Waals surface area contributed by atoms with Crippen molar-refractivity contribution in [2.24, 2.45) is 0 Å². The van der Waals surface area contributed by atoms with Gasteiger partial charge in [-0.2, -0.15) is 0 Å². The molecule has 1 saturated heterocycles. The maximum atomic E-state index is 11.8. The lowest BCUT2D eigenvalue weighted by molar-refractivity contribution is -0.122. The fourth-order valence-corrected chi connectivity index (χ4v) is 2.05. The molecule has 0 aliphatic carbocycles. The van der Waals surface area contributed by atoms with Crippen LogP contribution in [0.15, 0.2) is 24.3 Å². The van der Waals surface area contributed by atoms with Gasteiger partial charge in [0.05, 0.1) is 13.2 Å². The van der Waals surface area contributed by atoms with Gasteiger partial charge in [0.1, 0.15) is 12.4 Å². The minimum absolute atomic E-state index is 0.0869. The van der Waals surface area contributed by atoms with Gasteiger partial charge in [0.25, 0.3) is 0 Å². The van der Waals surface area contributed by atoms with Crippen LogP contribution in [-0.4, -0.2) is 38.8 Å². The van der Waals surface area contributed by atoms with Crippen LogP contribution in [0.5, 0.6) is 5.75 Å². The van der Waals surface area contributed by atoms with Gasteiger partial charge in [0.2, 0.25) is 5.91 Å². The van der Waals surface area contributed by atoms with Crippen LogP contribution >= 0.6 is 0 Å². The molecule has 1 aromatic rings. The van der Waals surface area contributed by atoms with Crippen LogP contribution in [0.25, 0.3) is 0 Å². The number of methoxy groups -OCH3 is 1. The van der Waals surface area contributed by atoms with E-state index in [1.165, 1.54) is 0 Å². The van der Waals surface area contributed by atoms with Crippen LogP contribution in [0.2, 0.25) is 0 Å². The van der Waals surface area contributed by atoms with Crippen molar-refractivity contribution in [2.45, 2.75) is 18.9 Å². The lowest BCUT2D eigenvalue weighted by Gasteiger charge is -2.22. The van der Waals surface area contributed by atoms with Crippen molar-refractivity contribution in [1.29, 1.82) is 0 Å². The van der Waals surface area contributed by atoms with Crippen LogP contribution in [0.1, 0.15) is 12.8 Å². The Kier molecular flexibility index (Phi) is 5.18. The molecule has 1 atom stereocenters. The summed E-state index contributed by atoms with van der Waals surface area (Å²) < 4.78 is 10.7. The Morgan fingerprint density at radius 1 is 1.53 bits per heavy atom. The fraction of sp³-hybridized carbons (Fsp3) is 0.500. The zero-order valence-corrected chi connectivity index (χ0v) is 11.1. The largest absolute Gasteiger partial charge is 0.497 e. The third kappa shape index (κ3) is 4.54. The fourth-order valence-electron chi connectivity index (χ4n) is 2.05. The van der Waals surface area contributed by atoms with Gasteiger partial charge in [-0.3, -0.25) is 4.79 Å². The molecule has 19 heavy (non-hydrogen) atoms. The van der Waals surface area contributed by atoms with Crippen molar-refractivity contribution < 1.29 is 14.3 Å². The summed E-state index contributed by atoms with van der Waals surface area (Å²) in [4.78, 5) is 11.8.